The Morgan fingerprint density at radius 1 is 0.900 bits per heavy atom. The highest BCUT2D eigenvalue weighted by atomic mass is 16.5. The number of rotatable bonds is 5. The summed E-state index contributed by atoms with van der Waals surface area (Å²) in [6.07, 6.45) is -0.853. The Hall–Kier alpha value is -3.64. The molecule has 6 heteroatoms. The molecule has 0 heterocycles. The summed E-state index contributed by atoms with van der Waals surface area (Å²) in [7, 11) is 0. The number of ether oxygens (including phenoxy) is 1. The molecule has 1 atom stereocenters. The predicted molar refractivity (Wildman–Crippen MR) is 116 cm³/mol. The highest BCUT2D eigenvalue weighted by Gasteiger charge is 2.29. The molecule has 6 nitrogen and oxygen atoms in total. The monoisotopic (exact) mass is 401 g/mol. The van der Waals surface area contributed by atoms with Gasteiger partial charge in [-0.1, -0.05) is 66.7 Å². The van der Waals surface area contributed by atoms with Gasteiger partial charge in [0.2, 0.25) is 5.91 Å². The Kier molecular flexibility index (Phi) is 5.50. The molecule has 1 unspecified atom stereocenters. The van der Waals surface area contributed by atoms with Crippen LogP contribution in [0.25, 0.3) is 11.1 Å². The van der Waals surface area contributed by atoms with Crippen molar-refractivity contribution in [2.75, 3.05) is 12.3 Å². The average Bonchev–Trinajstić information content (AvgIpc) is 3.06. The lowest BCUT2D eigenvalue weighted by Crippen LogP contribution is -2.34. The molecule has 1 aliphatic carbocycles. The van der Waals surface area contributed by atoms with Gasteiger partial charge in [-0.3, -0.25) is 10.1 Å². The number of fused-ring (bicyclic) bond motifs is 3. The number of carbonyl (C=O) groups excluding carboxylic acids is 2. The van der Waals surface area contributed by atoms with E-state index in [2.05, 4.69) is 17.4 Å². The van der Waals surface area contributed by atoms with Gasteiger partial charge < -0.3 is 16.2 Å². The normalized spacial score (nSPS) is 13.2. The Morgan fingerprint density at radius 3 is 2.10 bits per heavy atom. The second kappa shape index (κ2) is 8.39. The first-order valence-electron chi connectivity index (χ1n) is 9.79. The number of anilines is 1. The SMILES string of the molecule is Nc1ccccc1C(N)CC(=O)NC(=O)OCC1c2ccccc2-c2ccccc21. The van der Waals surface area contributed by atoms with Crippen molar-refractivity contribution in [1.82, 2.24) is 5.32 Å². The topological polar surface area (TPSA) is 107 Å². The van der Waals surface area contributed by atoms with Crippen LogP contribution in [0.3, 0.4) is 0 Å². The van der Waals surface area contributed by atoms with Crippen LogP contribution in [0, 0.1) is 0 Å². The van der Waals surface area contributed by atoms with Crippen LogP contribution in [0.4, 0.5) is 10.5 Å². The van der Waals surface area contributed by atoms with Crippen molar-refractivity contribution >= 4 is 17.7 Å². The van der Waals surface area contributed by atoms with Crippen molar-refractivity contribution in [3.05, 3.63) is 89.5 Å². The molecule has 0 bridgehead atoms. The summed E-state index contributed by atoms with van der Waals surface area (Å²) in [5, 5.41) is 2.25. The third-order valence-electron chi connectivity index (χ3n) is 5.39. The van der Waals surface area contributed by atoms with E-state index in [0.717, 1.165) is 22.3 Å². The third-order valence-corrected chi connectivity index (χ3v) is 5.39. The predicted octanol–water partition coefficient (Wildman–Crippen LogP) is 3.72. The number of hydrogen-bond donors (Lipinski definition) is 3. The molecule has 0 aromatic heterocycles. The molecule has 152 valence electrons. The Morgan fingerprint density at radius 2 is 1.47 bits per heavy atom. The molecule has 1 aliphatic rings. The molecule has 4 rings (SSSR count). The van der Waals surface area contributed by atoms with E-state index in [1.807, 2.05) is 36.4 Å². The van der Waals surface area contributed by atoms with Crippen LogP contribution >= 0.6 is 0 Å². The first-order valence-corrected chi connectivity index (χ1v) is 9.79. The molecule has 0 fully saturated rings. The summed E-state index contributed by atoms with van der Waals surface area (Å²) in [6.45, 7) is 0.144. The third kappa shape index (κ3) is 3.90. The zero-order chi connectivity index (χ0) is 21.1. The number of hydrogen-bond acceptors (Lipinski definition) is 5. The maximum Gasteiger partial charge on any atom is 0.413 e. The van der Waals surface area contributed by atoms with E-state index in [1.165, 1.54) is 0 Å². The fraction of sp³-hybridized carbons (Fsp3) is 0.167. The van der Waals surface area contributed by atoms with Gasteiger partial charge in [0, 0.05) is 24.1 Å². The first-order chi connectivity index (χ1) is 14.5. The minimum absolute atomic E-state index is 0.0652. The maximum absolute atomic E-state index is 12.2. The second-order valence-electron chi connectivity index (χ2n) is 7.31. The summed E-state index contributed by atoms with van der Waals surface area (Å²) >= 11 is 0. The van der Waals surface area contributed by atoms with Crippen LogP contribution < -0.4 is 16.8 Å². The van der Waals surface area contributed by atoms with Crippen molar-refractivity contribution in [2.24, 2.45) is 5.73 Å². The van der Waals surface area contributed by atoms with Crippen molar-refractivity contribution in [3.8, 4) is 11.1 Å². The largest absolute Gasteiger partial charge is 0.448 e. The van der Waals surface area contributed by atoms with Gasteiger partial charge in [-0.05, 0) is 33.9 Å². The molecule has 0 aliphatic heterocycles. The molecule has 5 N–H and O–H groups in total. The minimum atomic E-state index is -0.782. The second-order valence-corrected chi connectivity index (χ2v) is 7.31. The van der Waals surface area contributed by atoms with Gasteiger partial charge in [0.25, 0.3) is 0 Å². The number of nitrogen functional groups attached to an aromatic ring is 1. The summed E-state index contributed by atoms with van der Waals surface area (Å²) in [5.74, 6) is -0.576. The van der Waals surface area contributed by atoms with Gasteiger partial charge in [0.05, 0.1) is 0 Å². The molecular formula is C24H23N3O3. The van der Waals surface area contributed by atoms with E-state index in [1.54, 1.807) is 24.3 Å². The van der Waals surface area contributed by atoms with Gasteiger partial charge in [-0.25, -0.2) is 4.79 Å². The Balaban J connectivity index is 1.36. The number of carbonyl (C=O) groups is 2. The van der Waals surface area contributed by atoms with E-state index in [4.69, 9.17) is 16.2 Å². The van der Waals surface area contributed by atoms with Crippen LogP contribution in [0.1, 0.15) is 35.1 Å². The fourth-order valence-electron chi connectivity index (χ4n) is 3.96. The minimum Gasteiger partial charge on any atom is -0.448 e. The van der Waals surface area contributed by atoms with Crippen molar-refractivity contribution in [2.45, 2.75) is 18.4 Å². The van der Waals surface area contributed by atoms with Crippen molar-refractivity contribution < 1.29 is 14.3 Å². The van der Waals surface area contributed by atoms with Crippen LogP contribution in [-0.2, 0) is 9.53 Å². The van der Waals surface area contributed by atoms with E-state index in [-0.39, 0.29) is 18.9 Å². The number of nitrogens with one attached hydrogen (secondary N) is 1. The first kappa shape index (κ1) is 19.7. The summed E-state index contributed by atoms with van der Waals surface area (Å²) in [4.78, 5) is 24.4. The highest BCUT2D eigenvalue weighted by molar-refractivity contribution is 5.92. The molecule has 0 radical (unpaired) electrons. The standard InChI is InChI=1S/C24H23N3O3/c25-21-12-6-5-11-19(21)22(26)13-23(28)27-24(29)30-14-20-17-9-3-1-7-15(17)16-8-2-4-10-18(16)20/h1-12,20,22H,13-14,25-26H2,(H,27,28,29). The van der Waals surface area contributed by atoms with E-state index < -0.39 is 18.0 Å². The van der Waals surface area contributed by atoms with Gasteiger partial charge >= 0.3 is 6.09 Å². The van der Waals surface area contributed by atoms with Crippen molar-refractivity contribution in [1.29, 1.82) is 0 Å². The average molecular weight is 401 g/mol. The number of amides is 2. The van der Waals surface area contributed by atoms with Gasteiger partial charge in [0.15, 0.2) is 0 Å². The summed E-state index contributed by atoms with van der Waals surface area (Å²) in [5.41, 5.74) is 17.6. The van der Waals surface area contributed by atoms with Gasteiger partial charge in [0.1, 0.15) is 6.61 Å². The van der Waals surface area contributed by atoms with Crippen LogP contribution in [0.2, 0.25) is 0 Å². The molecule has 0 spiro atoms. The lowest BCUT2D eigenvalue weighted by Gasteiger charge is -2.16. The summed E-state index contributed by atoms with van der Waals surface area (Å²) < 4.78 is 5.38. The number of alkyl carbamates (subject to hydrolysis) is 1. The molecular weight excluding hydrogens is 378 g/mol. The lowest BCUT2D eigenvalue weighted by molar-refractivity contribution is -0.120. The molecule has 0 saturated carbocycles. The smallest absolute Gasteiger partial charge is 0.413 e. The number of imide groups is 1. The molecule has 30 heavy (non-hydrogen) atoms. The number of para-hydroxylation sites is 1. The molecule has 2 amide bonds. The molecule has 0 saturated heterocycles. The van der Waals surface area contributed by atoms with Gasteiger partial charge in [-0.15, -0.1) is 0 Å². The van der Waals surface area contributed by atoms with Gasteiger partial charge in [-0.2, -0.15) is 0 Å². The van der Waals surface area contributed by atoms with Crippen LogP contribution in [-0.4, -0.2) is 18.6 Å². The van der Waals surface area contributed by atoms with Crippen LogP contribution in [0.5, 0.6) is 0 Å². The maximum atomic E-state index is 12.2. The Bertz CT molecular complexity index is 1050. The summed E-state index contributed by atoms with van der Waals surface area (Å²) in [6, 6.07) is 22.6. The highest BCUT2D eigenvalue weighted by Crippen LogP contribution is 2.44. The van der Waals surface area contributed by atoms with Crippen molar-refractivity contribution in [3.63, 3.8) is 0 Å². The molecule has 3 aromatic carbocycles. The zero-order valence-corrected chi connectivity index (χ0v) is 16.4. The number of benzene rings is 3. The van der Waals surface area contributed by atoms with E-state index in [9.17, 15) is 9.59 Å². The fourth-order valence-corrected chi connectivity index (χ4v) is 3.96. The van der Waals surface area contributed by atoms with E-state index in [0.29, 0.717) is 11.3 Å². The Labute approximate surface area is 174 Å². The van der Waals surface area contributed by atoms with Crippen LogP contribution in [0.15, 0.2) is 72.8 Å². The number of nitrogens with two attached hydrogens (primary N) is 2. The molecule has 3 aromatic rings. The lowest BCUT2D eigenvalue weighted by atomic mass is 9.98. The zero-order valence-electron chi connectivity index (χ0n) is 16.4. The van der Waals surface area contributed by atoms with E-state index >= 15 is 0 Å². The quantitative estimate of drug-likeness (QED) is 0.565.